The molecule has 4 heteroatoms. The number of hydrogen-bond donors (Lipinski definition) is 1. The van der Waals surface area contributed by atoms with E-state index in [4.69, 9.17) is 0 Å². The fourth-order valence-corrected chi connectivity index (χ4v) is 2.16. The van der Waals surface area contributed by atoms with Crippen molar-refractivity contribution < 1.29 is 0 Å². The second-order valence-electron chi connectivity index (χ2n) is 3.79. The van der Waals surface area contributed by atoms with Crippen molar-refractivity contribution in [2.75, 3.05) is 5.32 Å². The molecule has 0 unspecified atom stereocenters. The van der Waals surface area contributed by atoms with Gasteiger partial charge in [-0.1, -0.05) is 28.1 Å². The van der Waals surface area contributed by atoms with E-state index in [1.54, 1.807) is 6.20 Å². The minimum Gasteiger partial charge on any atom is -0.366 e. The Morgan fingerprint density at radius 3 is 2.81 bits per heavy atom. The number of rotatable bonds is 3. The summed E-state index contributed by atoms with van der Waals surface area (Å²) >= 11 is 3.57. The van der Waals surface area contributed by atoms with Gasteiger partial charge in [0.25, 0.3) is 0 Å². The highest BCUT2D eigenvalue weighted by molar-refractivity contribution is 9.10. The second-order valence-corrected chi connectivity index (χ2v) is 4.64. The van der Waals surface area contributed by atoms with Crippen LogP contribution in [0.4, 0.5) is 5.82 Å². The van der Waals surface area contributed by atoms with Crippen molar-refractivity contribution in [1.29, 1.82) is 0 Å². The molecule has 0 aliphatic carbocycles. The molecule has 0 spiro atoms. The van der Waals surface area contributed by atoms with Crippen LogP contribution in [0.25, 0.3) is 0 Å². The summed E-state index contributed by atoms with van der Waals surface area (Å²) in [5, 5.41) is 7.45. The van der Waals surface area contributed by atoms with Gasteiger partial charge in [0.05, 0.1) is 6.20 Å². The Morgan fingerprint density at radius 1 is 1.38 bits per heavy atom. The van der Waals surface area contributed by atoms with Crippen molar-refractivity contribution >= 4 is 21.7 Å². The van der Waals surface area contributed by atoms with Crippen LogP contribution >= 0.6 is 15.9 Å². The van der Waals surface area contributed by atoms with Gasteiger partial charge in [0.15, 0.2) is 0 Å². The van der Waals surface area contributed by atoms with Gasteiger partial charge in [-0.3, -0.25) is 4.68 Å². The molecule has 0 fully saturated rings. The highest BCUT2D eigenvalue weighted by Crippen LogP contribution is 2.19. The molecule has 0 aliphatic rings. The lowest BCUT2D eigenvalue weighted by atomic mass is 10.1. The maximum atomic E-state index is 4.11. The molecule has 0 amide bonds. The van der Waals surface area contributed by atoms with Crippen molar-refractivity contribution in [2.45, 2.75) is 13.5 Å². The number of nitrogens with zero attached hydrogens (tertiary/aromatic N) is 2. The van der Waals surface area contributed by atoms with E-state index < -0.39 is 0 Å². The van der Waals surface area contributed by atoms with Crippen molar-refractivity contribution in [1.82, 2.24) is 9.78 Å². The van der Waals surface area contributed by atoms with Gasteiger partial charge in [-0.2, -0.15) is 5.10 Å². The number of aryl methyl sites for hydroxylation is 2. The fraction of sp³-hybridized carbons (Fsp3) is 0.250. The molecule has 0 bridgehead atoms. The van der Waals surface area contributed by atoms with Gasteiger partial charge in [-0.05, 0) is 24.1 Å². The van der Waals surface area contributed by atoms with Crippen LogP contribution in [0.3, 0.4) is 0 Å². The molecule has 1 aromatic heterocycles. The van der Waals surface area contributed by atoms with E-state index in [1.807, 2.05) is 17.8 Å². The minimum absolute atomic E-state index is 0.792. The van der Waals surface area contributed by atoms with Gasteiger partial charge in [0.1, 0.15) is 5.82 Å². The molecular weight excluding hydrogens is 266 g/mol. The monoisotopic (exact) mass is 279 g/mol. The third-order valence-electron chi connectivity index (χ3n) is 2.49. The highest BCUT2D eigenvalue weighted by atomic mass is 79.9. The van der Waals surface area contributed by atoms with Crippen LogP contribution in [-0.2, 0) is 13.6 Å². The zero-order chi connectivity index (χ0) is 11.5. The lowest BCUT2D eigenvalue weighted by molar-refractivity contribution is 0.769. The molecule has 0 atom stereocenters. The second kappa shape index (κ2) is 4.70. The van der Waals surface area contributed by atoms with Gasteiger partial charge in [-0.15, -0.1) is 0 Å². The Hall–Kier alpha value is -1.29. The molecule has 16 heavy (non-hydrogen) atoms. The summed E-state index contributed by atoms with van der Waals surface area (Å²) in [4.78, 5) is 0. The predicted molar refractivity (Wildman–Crippen MR) is 69.4 cm³/mol. The molecule has 2 aromatic rings. The molecule has 0 radical (unpaired) electrons. The van der Waals surface area contributed by atoms with Gasteiger partial charge in [0, 0.05) is 24.1 Å². The lowest BCUT2D eigenvalue weighted by Crippen LogP contribution is -2.05. The van der Waals surface area contributed by atoms with Crippen LogP contribution in [0.15, 0.2) is 34.9 Å². The van der Waals surface area contributed by atoms with Crippen LogP contribution in [0, 0.1) is 6.92 Å². The van der Waals surface area contributed by atoms with Crippen LogP contribution in [0.5, 0.6) is 0 Å². The Morgan fingerprint density at radius 2 is 2.19 bits per heavy atom. The van der Waals surface area contributed by atoms with E-state index in [0.717, 1.165) is 16.8 Å². The Kier molecular flexibility index (Phi) is 3.29. The van der Waals surface area contributed by atoms with Crippen molar-refractivity contribution in [2.24, 2.45) is 7.05 Å². The Balaban J connectivity index is 2.08. The normalized spacial score (nSPS) is 10.4. The van der Waals surface area contributed by atoms with Crippen molar-refractivity contribution in [3.63, 3.8) is 0 Å². The molecule has 1 heterocycles. The van der Waals surface area contributed by atoms with Gasteiger partial charge in [-0.25, -0.2) is 0 Å². The maximum absolute atomic E-state index is 4.11. The SMILES string of the molecule is Cc1ccc(CNc2ccnn2C)c(Br)c1. The molecule has 0 aliphatic heterocycles. The lowest BCUT2D eigenvalue weighted by Gasteiger charge is -2.08. The Labute approximate surface area is 104 Å². The summed E-state index contributed by atoms with van der Waals surface area (Å²) in [5.41, 5.74) is 2.50. The molecule has 3 nitrogen and oxygen atoms in total. The van der Waals surface area contributed by atoms with Gasteiger partial charge >= 0.3 is 0 Å². The fourth-order valence-electron chi connectivity index (χ4n) is 1.53. The molecule has 1 aromatic carbocycles. The summed E-state index contributed by atoms with van der Waals surface area (Å²) in [6, 6.07) is 8.33. The molecule has 84 valence electrons. The van der Waals surface area contributed by atoms with E-state index in [2.05, 4.69) is 51.5 Å². The molecule has 1 N–H and O–H groups in total. The standard InChI is InChI=1S/C12H14BrN3/c1-9-3-4-10(11(13)7-9)8-14-12-5-6-15-16(12)2/h3-7,14H,8H2,1-2H3. The summed E-state index contributed by atoms with van der Waals surface area (Å²) in [6.07, 6.45) is 1.78. The number of aromatic nitrogens is 2. The summed E-state index contributed by atoms with van der Waals surface area (Å²) in [6.45, 7) is 2.88. The number of nitrogens with one attached hydrogen (secondary N) is 1. The molecule has 0 saturated carbocycles. The van der Waals surface area contributed by atoms with Crippen LogP contribution in [0.2, 0.25) is 0 Å². The van der Waals surface area contributed by atoms with E-state index in [9.17, 15) is 0 Å². The minimum atomic E-state index is 0.792. The van der Waals surface area contributed by atoms with E-state index in [1.165, 1.54) is 11.1 Å². The Bertz CT molecular complexity index is 491. The predicted octanol–water partition coefficient (Wildman–Crippen LogP) is 3.10. The first kappa shape index (κ1) is 11.2. The summed E-state index contributed by atoms with van der Waals surface area (Å²) < 4.78 is 2.96. The quantitative estimate of drug-likeness (QED) is 0.936. The zero-order valence-electron chi connectivity index (χ0n) is 9.37. The largest absolute Gasteiger partial charge is 0.366 e. The summed E-state index contributed by atoms with van der Waals surface area (Å²) in [7, 11) is 1.92. The number of hydrogen-bond acceptors (Lipinski definition) is 2. The van der Waals surface area contributed by atoms with Crippen molar-refractivity contribution in [3.8, 4) is 0 Å². The number of benzene rings is 1. The highest BCUT2D eigenvalue weighted by Gasteiger charge is 2.01. The van der Waals surface area contributed by atoms with E-state index in [-0.39, 0.29) is 0 Å². The zero-order valence-corrected chi connectivity index (χ0v) is 11.0. The van der Waals surface area contributed by atoms with Crippen LogP contribution in [0.1, 0.15) is 11.1 Å². The first-order valence-electron chi connectivity index (χ1n) is 5.14. The topological polar surface area (TPSA) is 29.9 Å². The third-order valence-corrected chi connectivity index (χ3v) is 3.23. The summed E-state index contributed by atoms with van der Waals surface area (Å²) in [5.74, 6) is 1.02. The van der Waals surface area contributed by atoms with Crippen LogP contribution in [-0.4, -0.2) is 9.78 Å². The van der Waals surface area contributed by atoms with Crippen LogP contribution < -0.4 is 5.32 Å². The molecule has 0 saturated heterocycles. The van der Waals surface area contributed by atoms with Gasteiger partial charge < -0.3 is 5.32 Å². The average molecular weight is 280 g/mol. The smallest absolute Gasteiger partial charge is 0.124 e. The van der Waals surface area contributed by atoms with Gasteiger partial charge in [0.2, 0.25) is 0 Å². The maximum Gasteiger partial charge on any atom is 0.124 e. The third kappa shape index (κ3) is 2.44. The molecule has 2 rings (SSSR count). The molecular formula is C12H14BrN3. The van der Waals surface area contributed by atoms with E-state index in [0.29, 0.717) is 0 Å². The first-order valence-corrected chi connectivity index (χ1v) is 5.93. The first-order chi connectivity index (χ1) is 7.66. The van der Waals surface area contributed by atoms with Crippen molar-refractivity contribution in [3.05, 3.63) is 46.1 Å². The average Bonchev–Trinajstić information content (AvgIpc) is 2.63. The number of halogens is 1. The van der Waals surface area contributed by atoms with E-state index >= 15 is 0 Å². The number of anilines is 1.